The van der Waals surface area contributed by atoms with Crippen molar-refractivity contribution in [3.63, 3.8) is 0 Å². The van der Waals surface area contributed by atoms with Gasteiger partial charge in [0.25, 0.3) is 0 Å². The summed E-state index contributed by atoms with van der Waals surface area (Å²) in [6, 6.07) is 12.1. The zero-order valence-corrected chi connectivity index (χ0v) is 23.2. The summed E-state index contributed by atoms with van der Waals surface area (Å²) in [6.07, 6.45) is 1.44. The molecule has 8 nitrogen and oxygen atoms in total. The van der Waals surface area contributed by atoms with E-state index >= 15 is 0 Å². The maximum Gasteiger partial charge on any atom is 0.244 e. The molecule has 0 aliphatic heterocycles. The van der Waals surface area contributed by atoms with Crippen LogP contribution in [0.5, 0.6) is 5.75 Å². The van der Waals surface area contributed by atoms with Crippen LogP contribution < -0.4 is 14.4 Å². The Hall–Kier alpha value is -3.07. The Morgan fingerprint density at radius 1 is 1.03 bits per heavy atom. The number of methoxy groups -OCH3 is 1. The molecule has 0 aliphatic rings. The smallest absolute Gasteiger partial charge is 0.244 e. The molecule has 0 unspecified atom stereocenters. The summed E-state index contributed by atoms with van der Waals surface area (Å²) >= 11 is 0. The molecule has 0 spiro atoms. The number of anilines is 1. The van der Waals surface area contributed by atoms with Crippen molar-refractivity contribution in [2.75, 3.05) is 30.8 Å². The van der Waals surface area contributed by atoms with Crippen molar-refractivity contribution in [1.82, 2.24) is 10.2 Å². The summed E-state index contributed by atoms with van der Waals surface area (Å²) in [6.45, 7) is 9.84. The second-order valence-corrected chi connectivity index (χ2v) is 11.4. The molecule has 2 amide bonds. The Bertz CT molecular complexity index is 1150. The molecule has 0 aliphatic carbocycles. The summed E-state index contributed by atoms with van der Waals surface area (Å²) < 4.78 is 32.1. The minimum Gasteiger partial charge on any atom is -0.495 e. The van der Waals surface area contributed by atoms with Crippen molar-refractivity contribution < 1.29 is 22.7 Å². The van der Waals surface area contributed by atoms with E-state index in [2.05, 4.69) is 5.32 Å². The number of hydrogen-bond acceptors (Lipinski definition) is 5. The van der Waals surface area contributed by atoms with E-state index in [0.717, 1.165) is 27.3 Å². The van der Waals surface area contributed by atoms with Gasteiger partial charge in [0.1, 0.15) is 18.3 Å². The number of aryl methyl sites for hydroxylation is 2. The highest BCUT2D eigenvalue weighted by atomic mass is 32.2. The number of benzene rings is 2. The number of hydrogen-bond donors (Lipinski definition) is 1. The lowest BCUT2D eigenvalue weighted by Gasteiger charge is -2.33. The van der Waals surface area contributed by atoms with E-state index in [1.807, 2.05) is 58.9 Å². The molecule has 0 bridgehead atoms. The molecule has 0 radical (unpaired) electrons. The van der Waals surface area contributed by atoms with Crippen molar-refractivity contribution in [2.24, 2.45) is 5.92 Å². The lowest BCUT2D eigenvalue weighted by atomic mass is 10.1. The van der Waals surface area contributed by atoms with Gasteiger partial charge in [0.05, 0.1) is 19.1 Å². The van der Waals surface area contributed by atoms with Crippen molar-refractivity contribution in [3.8, 4) is 5.75 Å². The monoisotopic (exact) mass is 517 g/mol. The van der Waals surface area contributed by atoms with Gasteiger partial charge >= 0.3 is 0 Å². The fraction of sp³-hybridized carbons (Fsp3) is 0.481. The van der Waals surface area contributed by atoms with Crippen LogP contribution in [0.3, 0.4) is 0 Å². The summed E-state index contributed by atoms with van der Waals surface area (Å²) in [5.74, 6) is -0.144. The van der Waals surface area contributed by atoms with Crippen LogP contribution in [0.1, 0.15) is 43.9 Å². The van der Waals surface area contributed by atoms with E-state index in [-0.39, 0.29) is 24.1 Å². The summed E-state index contributed by atoms with van der Waals surface area (Å²) in [4.78, 5) is 28.4. The molecular formula is C27H39N3O5S. The first-order valence-corrected chi connectivity index (χ1v) is 14.0. The van der Waals surface area contributed by atoms with Gasteiger partial charge in [-0.15, -0.1) is 0 Å². The van der Waals surface area contributed by atoms with Gasteiger partial charge in [0.2, 0.25) is 21.8 Å². The molecular weight excluding hydrogens is 478 g/mol. The van der Waals surface area contributed by atoms with Crippen molar-refractivity contribution in [3.05, 3.63) is 59.2 Å². The average Bonchev–Trinajstić information content (AvgIpc) is 2.81. The highest BCUT2D eigenvalue weighted by Crippen LogP contribution is 2.31. The van der Waals surface area contributed by atoms with Crippen molar-refractivity contribution >= 4 is 27.5 Å². The predicted octanol–water partition coefficient (Wildman–Crippen LogP) is 3.66. The third-order valence-electron chi connectivity index (χ3n) is 5.83. The van der Waals surface area contributed by atoms with Gasteiger partial charge in [-0.3, -0.25) is 13.9 Å². The lowest BCUT2D eigenvalue weighted by Crippen LogP contribution is -2.52. The van der Waals surface area contributed by atoms with Crippen LogP contribution in [0, 0.1) is 19.8 Å². The molecule has 198 valence electrons. The van der Waals surface area contributed by atoms with Gasteiger partial charge in [0.15, 0.2) is 0 Å². The highest BCUT2D eigenvalue weighted by Gasteiger charge is 2.32. The second-order valence-electron chi connectivity index (χ2n) is 9.52. The van der Waals surface area contributed by atoms with Crippen LogP contribution >= 0.6 is 0 Å². The Balaban J connectivity index is 2.48. The normalized spacial score (nSPS) is 12.2. The molecule has 2 rings (SSSR count). The van der Waals surface area contributed by atoms with E-state index in [9.17, 15) is 18.0 Å². The fourth-order valence-electron chi connectivity index (χ4n) is 3.82. The molecule has 0 saturated heterocycles. The van der Waals surface area contributed by atoms with E-state index in [1.54, 1.807) is 18.2 Å². The molecule has 0 aromatic heterocycles. The zero-order chi connectivity index (χ0) is 27.0. The molecule has 0 fully saturated rings. The standard InChI is InChI=1S/C27H39N3O5S/c1-8-23(27(32)28-16-19(2)3)29(17-22-12-9-20(4)10-13-22)26(31)18-30(36(7,33)34)24-15-21(5)11-14-25(24)35-6/h9-15,19,23H,8,16-18H2,1-7H3,(H,28,32)/t23-/m0/s1. The topological polar surface area (TPSA) is 96.0 Å². The van der Waals surface area contributed by atoms with E-state index < -0.39 is 28.5 Å². The minimum atomic E-state index is -3.84. The van der Waals surface area contributed by atoms with Crippen LogP contribution in [0.4, 0.5) is 5.69 Å². The number of amides is 2. The van der Waals surface area contributed by atoms with Crippen LogP contribution in [-0.4, -0.2) is 57.6 Å². The molecule has 1 atom stereocenters. The molecule has 1 N–H and O–H groups in total. The Kier molecular flexibility index (Phi) is 10.3. The Morgan fingerprint density at radius 3 is 2.17 bits per heavy atom. The van der Waals surface area contributed by atoms with E-state index in [4.69, 9.17) is 4.74 Å². The summed E-state index contributed by atoms with van der Waals surface area (Å²) in [5.41, 5.74) is 3.03. The van der Waals surface area contributed by atoms with Gasteiger partial charge < -0.3 is 15.0 Å². The van der Waals surface area contributed by atoms with E-state index in [0.29, 0.717) is 18.7 Å². The first kappa shape index (κ1) is 29.2. The summed E-state index contributed by atoms with van der Waals surface area (Å²) in [5, 5.41) is 2.92. The number of carbonyl (C=O) groups is 2. The third-order valence-corrected chi connectivity index (χ3v) is 6.95. The van der Waals surface area contributed by atoms with Gasteiger partial charge in [0, 0.05) is 13.1 Å². The van der Waals surface area contributed by atoms with E-state index in [1.165, 1.54) is 12.0 Å². The fourth-order valence-corrected chi connectivity index (χ4v) is 4.67. The largest absolute Gasteiger partial charge is 0.495 e. The second kappa shape index (κ2) is 12.8. The Labute approximate surface area is 215 Å². The van der Waals surface area contributed by atoms with Gasteiger partial charge in [-0.05, 0) is 49.4 Å². The van der Waals surface area contributed by atoms with Crippen LogP contribution in [-0.2, 0) is 26.2 Å². The molecule has 0 heterocycles. The van der Waals surface area contributed by atoms with Crippen LogP contribution in [0.25, 0.3) is 0 Å². The maximum atomic E-state index is 13.8. The van der Waals surface area contributed by atoms with Crippen molar-refractivity contribution in [1.29, 1.82) is 0 Å². The first-order chi connectivity index (χ1) is 16.9. The molecule has 2 aromatic rings. The predicted molar refractivity (Wildman–Crippen MR) is 144 cm³/mol. The Morgan fingerprint density at radius 2 is 1.64 bits per heavy atom. The molecule has 36 heavy (non-hydrogen) atoms. The quantitative estimate of drug-likeness (QED) is 0.464. The zero-order valence-electron chi connectivity index (χ0n) is 22.4. The number of carbonyl (C=O) groups excluding carboxylic acids is 2. The van der Waals surface area contributed by atoms with Gasteiger partial charge in [-0.2, -0.15) is 0 Å². The SMILES string of the molecule is CC[C@@H](C(=O)NCC(C)C)N(Cc1ccc(C)cc1)C(=O)CN(c1cc(C)ccc1OC)S(C)(=O)=O. The minimum absolute atomic E-state index is 0.176. The summed E-state index contributed by atoms with van der Waals surface area (Å²) in [7, 11) is -2.39. The number of nitrogens with one attached hydrogen (secondary N) is 1. The number of sulfonamides is 1. The number of ether oxygens (including phenoxy) is 1. The maximum absolute atomic E-state index is 13.8. The first-order valence-electron chi connectivity index (χ1n) is 12.1. The van der Waals surface area contributed by atoms with Crippen LogP contribution in [0.2, 0.25) is 0 Å². The van der Waals surface area contributed by atoms with Gasteiger partial charge in [-0.1, -0.05) is 56.7 Å². The number of nitrogens with zero attached hydrogens (tertiary/aromatic N) is 2. The molecule has 0 saturated carbocycles. The third kappa shape index (κ3) is 7.98. The highest BCUT2D eigenvalue weighted by molar-refractivity contribution is 7.92. The van der Waals surface area contributed by atoms with Gasteiger partial charge in [-0.25, -0.2) is 8.42 Å². The lowest BCUT2D eigenvalue weighted by molar-refractivity contribution is -0.140. The average molecular weight is 518 g/mol. The molecule has 9 heteroatoms. The number of rotatable bonds is 12. The van der Waals surface area contributed by atoms with Crippen LogP contribution in [0.15, 0.2) is 42.5 Å². The van der Waals surface area contributed by atoms with Crippen molar-refractivity contribution in [2.45, 2.75) is 53.6 Å². The molecule has 2 aromatic carbocycles.